The molecule has 28 heavy (non-hydrogen) atoms. The van der Waals surface area contributed by atoms with Crippen molar-refractivity contribution in [3.8, 4) is 22.4 Å². The van der Waals surface area contributed by atoms with Crippen molar-refractivity contribution in [1.82, 2.24) is 15.0 Å². The predicted molar refractivity (Wildman–Crippen MR) is 117 cm³/mol. The van der Waals surface area contributed by atoms with Crippen LogP contribution in [0.1, 0.15) is 0 Å². The second kappa shape index (κ2) is 7.26. The van der Waals surface area contributed by atoms with Gasteiger partial charge in [0.05, 0.1) is 21.1 Å². The van der Waals surface area contributed by atoms with Gasteiger partial charge in [0, 0.05) is 25.3 Å². The molecular weight excluding hydrogens is 393 g/mol. The molecule has 0 saturated carbocycles. The predicted octanol–water partition coefficient (Wildman–Crippen LogP) is 5.31. The molecule has 0 aliphatic carbocycles. The normalized spacial score (nSPS) is 11.0. The second-order valence-electron chi connectivity index (χ2n) is 6.58. The van der Waals surface area contributed by atoms with Gasteiger partial charge in [0.15, 0.2) is 5.65 Å². The molecule has 5 nitrogen and oxygen atoms in total. The summed E-state index contributed by atoms with van der Waals surface area (Å²) in [5.74, 6) is 0.369. The Morgan fingerprint density at radius 2 is 1.57 bits per heavy atom. The fourth-order valence-corrected chi connectivity index (χ4v) is 3.36. The molecular formula is C21H17Cl2N5. The van der Waals surface area contributed by atoms with Gasteiger partial charge < -0.3 is 10.6 Å². The molecule has 2 aromatic carbocycles. The van der Waals surface area contributed by atoms with E-state index in [0.29, 0.717) is 26.9 Å². The molecule has 0 unspecified atom stereocenters. The van der Waals surface area contributed by atoms with E-state index in [9.17, 15) is 0 Å². The molecule has 0 fully saturated rings. The molecule has 0 aliphatic rings. The van der Waals surface area contributed by atoms with Crippen molar-refractivity contribution < 1.29 is 0 Å². The Hall–Kier alpha value is -2.89. The van der Waals surface area contributed by atoms with E-state index < -0.39 is 0 Å². The van der Waals surface area contributed by atoms with Crippen LogP contribution in [0.5, 0.6) is 0 Å². The van der Waals surface area contributed by atoms with Gasteiger partial charge in [-0.2, -0.15) is 0 Å². The molecule has 0 amide bonds. The van der Waals surface area contributed by atoms with E-state index >= 15 is 0 Å². The summed E-state index contributed by atoms with van der Waals surface area (Å²) in [6, 6.07) is 15.6. The van der Waals surface area contributed by atoms with Crippen LogP contribution in [0, 0.1) is 0 Å². The van der Waals surface area contributed by atoms with Gasteiger partial charge in [0.2, 0.25) is 0 Å². The van der Waals surface area contributed by atoms with Gasteiger partial charge in [0.25, 0.3) is 0 Å². The highest BCUT2D eigenvalue weighted by Crippen LogP contribution is 2.36. The van der Waals surface area contributed by atoms with E-state index in [1.165, 1.54) is 6.33 Å². The van der Waals surface area contributed by atoms with Crippen molar-refractivity contribution >= 4 is 45.7 Å². The zero-order valence-corrected chi connectivity index (χ0v) is 16.8. The molecule has 0 bridgehead atoms. The summed E-state index contributed by atoms with van der Waals surface area (Å²) in [6.07, 6.45) is 1.42. The van der Waals surface area contributed by atoms with Crippen LogP contribution in [0.3, 0.4) is 0 Å². The second-order valence-corrected chi connectivity index (χ2v) is 7.40. The standard InChI is InChI=1S/C21H17Cl2N5/c1-28(2)14-6-3-12(4-7-14)18-10-15(13-5-8-16(22)17(23)9-13)19-20(24)25-11-26-21(19)27-18/h3-11H,1-2H3,(H2,24,25,26,27). The Labute approximate surface area is 172 Å². The van der Waals surface area contributed by atoms with Crippen molar-refractivity contribution in [2.45, 2.75) is 0 Å². The van der Waals surface area contributed by atoms with Gasteiger partial charge in [-0.05, 0) is 41.5 Å². The minimum atomic E-state index is 0.369. The molecule has 2 heterocycles. The summed E-state index contributed by atoms with van der Waals surface area (Å²) >= 11 is 12.3. The first kappa shape index (κ1) is 18.5. The average Bonchev–Trinajstić information content (AvgIpc) is 2.69. The number of nitrogens with two attached hydrogens (primary N) is 1. The number of benzene rings is 2. The van der Waals surface area contributed by atoms with Gasteiger partial charge in [0.1, 0.15) is 12.1 Å². The third-order valence-corrected chi connectivity index (χ3v) is 5.28. The first-order valence-electron chi connectivity index (χ1n) is 8.58. The maximum absolute atomic E-state index is 6.24. The highest BCUT2D eigenvalue weighted by molar-refractivity contribution is 6.42. The van der Waals surface area contributed by atoms with Gasteiger partial charge >= 0.3 is 0 Å². The summed E-state index contributed by atoms with van der Waals surface area (Å²) in [7, 11) is 4.01. The summed E-state index contributed by atoms with van der Waals surface area (Å²) in [4.78, 5) is 15.2. The third kappa shape index (κ3) is 3.35. The number of nitrogens with zero attached hydrogens (tertiary/aromatic N) is 4. The maximum Gasteiger partial charge on any atom is 0.165 e. The molecule has 0 radical (unpaired) electrons. The highest BCUT2D eigenvalue weighted by Gasteiger charge is 2.14. The van der Waals surface area contributed by atoms with Crippen molar-refractivity contribution in [2.24, 2.45) is 0 Å². The number of anilines is 2. The minimum Gasteiger partial charge on any atom is -0.383 e. The van der Waals surface area contributed by atoms with Gasteiger partial charge in [-0.25, -0.2) is 15.0 Å². The van der Waals surface area contributed by atoms with E-state index in [2.05, 4.69) is 9.97 Å². The largest absolute Gasteiger partial charge is 0.383 e. The molecule has 0 aliphatic heterocycles. The van der Waals surface area contributed by atoms with Crippen LogP contribution >= 0.6 is 23.2 Å². The summed E-state index contributed by atoms with van der Waals surface area (Å²) in [5, 5.41) is 1.65. The molecule has 140 valence electrons. The SMILES string of the molecule is CN(C)c1ccc(-c2cc(-c3ccc(Cl)c(Cl)c3)c3c(N)ncnc3n2)cc1. The summed E-state index contributed by atoms with van der Waals surface area (Å²) < 4.78 is 0. The quantitative estimate of drug-likeness (QED) is 0.496. The number of hydrogen-bond acceptors (Lipinski definition) is 5. The van der Waals surface area contributed by atoms with E-state index in [1.54, 1.807) is 6.07 Å². The van der Waals surface area contributed by atoms with Crippen LogP contribution in [0.15, 0.2) is 54.9 Å². The Balaban J connectivity index is 1.96. The minimum absolute atomic E-state index is 0.369. The van der Waals surface area contributed by atoms with E-state index in [-0.39, 0.29) is 0 Å². The monoisotopic (exact) mass is 409 g/mol. The van der Waals surface area contributed by atoms with Crippen LogP contribution < -0.4 is 10.6 Å². The van der Waals surface area contributed by atoms with Crippen LogP contribution in [0.4, 0.5) is 11.5 Å². The Morgan fingerprint density at radius 3 is 2.25 bits per heavy atom. The first-order chi connectivity index (χ1) is 13.4. The van der Waals surface area contributed by atoms with E-state index in [1.807, 2.05) is 61.5 Å². The third-order valence-electron chi connectivity index (χ3n) is 4.54. The van der Waals surface area contributed by atoms with E-state index in [0.717, 1.165) is 28.1 Å². The molecule has 2 aromatic heterocycles. The fourth-order valence-electron chi connectivity index (χ4n) is 3.06. The summed E-state index contributed by atoms with van der Waals surface area (Å²) in [5.41, 5.74) is 11.3. The fraction of sp³-hybridized carbons (Fsp3) is 0.0952. The van der Waals surface area contributed by atoms with Crippen molar-refractivity contribution in [2.75, 3.05) is 24.7 Å². The zero-order chi connectivity index (χ0) is 19.8. The molecule has 4 aromatic rings. The zero-order valence-electron chi connectivity index (χ0n) is 15.3. The molecule has 0 spiro atoms. The molecule has 7 heteroatoms. The molecule has 0 saturated heterocycles. The molecule has 2 N–H and O–H groups in total. The van der Waals surface area contributed by atoms with Crippen LogP contribution in [0.2, 0.25) is 10.0 Å². The number of hydrogen-bond donors (Lipinski definition) is 1. The number of pyridine rings is 1. The lowest BCUT2D eigenvalue weighted by molar-refractivity contribution is 1.13. The number of fused-ring (bicyclic) bond motifs is 1. The average molecular weight is 410 g/mol. The number of rotatable bonds is 3. The van der Waals surface area contributed by atoms with Crippen molar-refractivity contribution in [1.29, 1.82) is 0 Å². The van der Waals surface area contributed by atoms with Crippen molar-refractivity contribution in [3.63, 3.8) is 0 Å². The van der Waals surface area contributed by atoms with Gasteiger partial charge in [-0.1, -0.05) is 41.4 Å². The molecule has 4 rings (SSSR count). The van der Waals surface area contributed by atoms with E-state index in [4.69, 9.17) is 33.9 Å². The topological polar surface area (TPSA) is 67.9 Å². The lowest BCUT2D eigenvalue weighted by atomic mass is 9.99. The highest BCUT2D eigenvalue weighted by atomic mass is 35.5. The number of nitrogen functional groups attached to an aromatic ring is 1. The molecule has 0 atom stereocenters. The van der Waals surface area contributed by atoms with Crippen LogP contribution in [-0.2, 0) is 0 Å². The Morgan fingerprint density at radius 1 is 0.857 bits per heavy atom. The maximum atomic E-state index is 6.24. The van der Waals surface area contributed by atoms with Gasteiger partial charge in [-0.3, -0.25) is 0 Å². The Bertz CT molecular complexity index is 1170. The first-order valence-corrected chi connectivity index (χ1v) is 9.34. The number of halogens is 2. The number of aromatic nitrogens is 3. The van der Waals surface area contributed by atoms with Gasteiger partial charge in [-0.15, -0.1) is 0 Å². The smallest absolute Gasteiger partial charge is 0.165 e. The van der Waals surface area contributed by atoms with Crippen LogP contribution in [0.25, 0.3) is 33.4 Å². The Kier molecular flexibility index (Phi) is 4.79. The van der Waals surface area contributed by atoms with Crippen LogP contribution in [-0.4, -0.2) is 29.0 Å². The lowest BCUT2D eigenvalue weighted by Gasteiger charge is -2.14. The summed E-state index contributed by atoms with van der Waals surface area (Å²) in [6.45, 7) is 0. The van der Waals surface area contributed by atoms with Crippen molar-refractivity contribution in [3.05, 3.63) is 64.9 Å². The lowest BCUT2D eigenvalue weighted by Crippen LogP contribution is -2.08.